The molecule has 16 heavy (non-hydrogen) atoms. The Bertz CT molecular complexity index is 344. The van der Waals surface area contributed by atoms with Crippen LogP contribution in [-0.4, -0.2) is 40.9 Å². The molecule has 1 fully saturated rings. The van der Waals surface area contributed by atoms with Gasteiger partial charge in [-0.25, -0.2) is 0 Å². The Hall–Kier alpha value is -0.870. The lowest BCUT2D eigenvalue weighted by atomic mass is 10.1. The zero-order chi connectivity index (χ0) is 11.6. The highest BCUT2D eigenvalue weighted by atomic mass is 35.5. The van der Waals surface area contributed by atoms with E-state index < -0.39 is 0 Å². The monoisotopic (exact) mass is 241 g/mol. The maximum Gasteiger partial charge on any atom is 0.151 e. The Morgan fingerprint density at radius 3 is 3.06 bits per heavy atom. The van der Waals surface area contributed by atoms with Gasteiger partial charge in [0.2, 0.25) is 0 Å². The van der Waals surface area contributed by atoms with Gasteiger partial charge < -0.3 is 9.64 Å². The first kappa shape index (κ1) is 11.6. The molecule has 1 unspecified atom stereocenters. The predicted molar refractivity (Wildman–Crippen MR) is 63.9 cm³/mol. The van der Waals surface area contributed by atoms with Gasteiger partial charge in [-0.05, 0) is 26.0 Å². The highest BCUT2D eigenvalue weighted by Gasteiger charge is 2.33. The van der Waals surface area contributed by atoms with Crippen LogP contribution in [0.2, 0.25) is 0 Å². The average molecular weight is 242 g/mol. The van der Waals surface area contributed by atoms with Crippen molar-refractivity contribution >= 4 is 17.4 Å². The summed E-state index contributed by atoms with van der Waals surface area (Å²) < 4.78 is 5.85. The van der Waals surface area contributed by atoms with Crippen LogP contribution in [0.3, 0.4) is 0 Å². The number of alkyl halides is 1. The first-order chi connectivity index (χ1) is 7.61. The second kappa shape index (κ2) is 4.55. The van der Waals surface area contributed by atoms with E-state index in [4.69, 9.17) is 16.3 Å². The molecular weight excluding hydrogens is 226 g/mol. The molecule has 4 nitrogen and oxygen atoms in total. The lowest BCUT2D eigenvalue weighted by Crippen LogP contribution is -2.53. The van der Waals surface area contributed by atoms with Crippen molar-refractivity contribution in [2.24, 2.45) is 0 Å². The SMILES string of the molecule is CC1(C)CN(c2cccnn2)CC(CCl)O1. The van der Waals surface area contributed by atoms with Gasteiger partial charge in [-0.2, -0.15) is 5.10 Å². The summed E-state index contributed by atoms with van der Waals surface area (Å²) in [6.45, 7) is 5.70. The molecule has 1 aromatic heterocycles. The lowest BCUT2D eigenvalue weighted by molar-refractivity contribution is -0.0736. The van der Waals surface area contributed by atoms with Crippen LogP contribution in [0, 0.1) is 0 Å². The van der Waals surface area contributed by atoms with Gasteiger partial charge in [0.05, 0.1) is 17.6 Å². The molecule has 1 atom stereocenters. The molecule has 0 bridgehead atoms. The molecule has 2 heterocycles. The molecule has 1 aliphatic heterocycles. The van der Waals surface area contributed by atoms with Crippen LogP contribution in [0.5, 0.6) is 0 Å². The molecule has 88 valence electrons. The number of aromatic nitrogens is 2. The molecule has 0 N–H and O–H groups in total. The molecule has 0 amide bonds. The Kier molecular flexibility index (Phi) is 3.30. The van der Waals surface area contributed by atoms with Gasteiger partial charge in [0.1, 0.15) is 0 Å². The lowest BCUT2D eigenvalue weighted by Gasteiger charge is -2.42. The second-order valence-corrected chi connectivity index (χ2v) is 4.92. The summed E-state index contributed by atoms with van der Waals surface area (Å²) in [4.78, 5) is 2.17. The first-order valence-electron chi connectivity index (χ1n) is 5.37. The quantitative estimate of drug-likeness (QED) is 0.739. The fourth-order valence-electron chi connectivity index (χ4n) is 2.01. The summed E-state index contributed by atoms with van der Waals surface area (Å²) >= 11 is 5.87. The number of halogens is 1. The van der Waals surface area contributed by atoms with Crippen LogP contribution in [0.4, 0.5) is 5.82 Å². The number of ether oxygens (including phenoxy) is 1. The normalized spacial score (nSPS) is 24.4. The standard InChI is InChI=1S/C11H16ClN3O/c1-11(2)8-15(7-9(6-12)16-11)10-4-3-5-13-14-10/h3-5,9H,6-8H2,1-2H3. The van der Waals surface area contributed by atoms with Crippen LogP contribution in [0.25, 0.3) is 0 Å². The van der Waals surface area contributed by atoms with Crippen molar-refractivity contribution in [3.8, 4) is 0 Å². The summed E-state index contributed by atoms with van der Waals surface area (Å²) in [5, 5.41) is 8.01. The van der Waals surface area contributed by atoms with E-state index in [9.17, 15) is 0 Å². The molecule has 5 heteroatoms. The smallest absolute Gasteiger partial charge is 0.151 e. The minimum atomic E-state index is -0.199. The van der Waals surface area contributed by atoms with Crippen molar-refractivity contribution in [3.63, 3.8) is 0 Å². The zero-order valence-corrected chi connectivity index (χ0v) is 10.3. The highest BCUT2D eigenvalue weighted by molar-refractivity contribution is 6.18. The molecule has 1 aromatic rings. The minimum Gasteiger partial charge on any atom is -0.367 e. The summed E-state index contributed by atoms with van der Waals surface area (Å²) in [5.41, 5.74) is -0.199. The zero-order valence-electron chi connectivity index (χ0n) is 9.56. The number of morpholine rings is 1. The molecule has 0 spiro atoms. The van der Waals surface area contributed by atoms with E-state index in [1.807, 2.05) is 12.1 Å². The van der Waals surface area contributed by atoms with Crippen LogP contribution in [0.15, 0.2) is 18.3 Å². The highest BCUT2D eigenvalue weighted by Crippen LogP contribution is 2.24. The number of hydrogen-bond acceptors (Lipinski definition) is 4. The van der Waals surface area contributed by atoms with E-state index in [0.29, 0.717) is 5.88 Å². The molecule has 2 rings (SSSR count). The van der Waals surface area contributed by atoms with E-state index >= 15 is 0 Å². The third kappa shape index (κ3) is 2.62. The van der Waals surface area contributed by atoms with Crippen LogP contribution >= 0.6 is 11.6 Å². The van der Waals surface area contributed by atoms with E-state index in [1.165, 1.54) is 0 Å². The average Bonchev–Trinajstić information content (AvgIpc) is 2.28. The van der Waals surface area contributed by atoms with E-state index in [2.05, 4.69) is 28.9 Å². The Morgan fingerprint density at radius 1 is 1.62 bits per heavy atom. The van der Waals surface area contributed by atoms with Crippen LogP contribution in [0.1, 0.15) is 13.8 Å². The van der Waals surface area contributed by atoms with Gasteiger partial charge in [-0.3, -0.25) is 0 Å². The Balaban J connectivity index is 2.16. The summed E-state index contributed by atoms with van der Waals surface area (Å²) in [6.07, 6.45) is 1.72. The molecule has 0 saturated carbocycles. The number of rotatable bonds is 2. The molecular formula is C11H16ClN3O. The predicted octanol–water partition coefficient (Wildman–Crippen LogP) is 1.70. The van der Waals surface area contributed by atoms with Gasteiger partial charge in [0.25, 0.3) is 0 Å². The maximum absolute atomic E-state index is 5.87. The number of hydrogen-bond donors (Lipinski definition) is 0. The van der Waals surface area contributed by atoms with E-state index in [-0.39, 0.29) is 11.7 Å². The van der Waals surface area contributed by atoms with E-state index in [1.54, 1.807) is 6.20 Å². The molecule has 0 aliphatic carbocycles. The first-order valence-corrected chi connectivity index (χ1v) is 5.90. The maximum atomic E-state index is 5.87. The van der Waals surface area contributed by atoms with Gasteiger partial charge >= 0.3 is 0 Å². The number of nitrogens with zero attached hydrogens (tertiary/aromatic N) is 3. The molecule has 0 radical (unpaired) electrons. The summed E-state index contributed by atoms with van der Waals surface area (Å²) in [6, 6.07) is 3.85. The van der Waals surface area contributed by atoms with Crippen molar-refractivity contribution < 1.29 is 4.74 Å². The fraction of sp³-hybridized carbons (Fsp3) is 0.636. The molecule has 0 aromatic carbocycles. The third-order valence-corrected chi connectivity index (χ3v) is 2.88. The third-order valence-electron chi connectivity index (χ3n) is 2.54. The van der Waals surface area contributed by atoms with Crippen molar-refractivity contribution in [1.82, 2.24) is 10.2 Å². The topological polar surface area (TPSA) is 38.2 Å². The minimum absolute atomic E-state index is 0.0485. The molecule has 1 aliphatic rings. The van der Waals surface area contributed by atoms with Gasteiger partial charge in [-0.15, -0.1) is 16.7 Å². The van der Waals surface area contributed by atoms with Crippen molar-refractivity contribution in [2.75, 3.05) is 23.9 Å². The van der Waals surface area contributed by atoms with Crippen LogP contribution in [-0.2, 0) is 4.74 Å². The Morgan fingerprint density at radius 2 is 2.44 bits per heavy atom. The van der Waals surface area contributed by atoms with Gasteiger partial charge in [0.15, 0.2) is 5.82 Å². The van der Waals surface area contributed by atoms with Gasteiger partial charge in [-0.1, -0.05) is 0 Å². The summed E-state index contributed by atoms with van der Waals surface area (Å²) in [7, 11) is 0. The number of anilines is 1. The van der Waals surface area contributed by atoms with Crippen molar-refractivity contribution in [1.29, 1.82) is 0 Å². The van der Waals surface area contributed by atoms with Gasteiger partial charge in [0, 0.05) is 19.3 Å². The van der Waals surface area contributed by atoms with Crippen molar-refractivity contribution in [3.05, 3.63) is 18.3 Å². The second-order valence-electron chi connectivity index (χ2n) is 4.62. The fourth-order valence-corrected chi connectivity index (χ4v) is 2.17. The summed E-state index contributed by atoms with van der Waals surface area (Å²) in [5.74, 6) is 1.38. The largest absolute Gasteiger partial charge is 0.367 e. The van der Waals surface area contributed by atoms with E-state index in [0.717, 1.165) is 18.9 Å². The van der Waals surface area contributed by atoms with Crippen molar-refractivity contribution in [2.45, 2.75) is 25.6 Å². The van der Waals surface area contributed by atoms with Crippen LogP contribution < -0.4 is 4.90 Å². The molecule has 1 saturated heterocycles. The Labute approximate surface area is 101 Å².